The summed E-state index contributed by atoms with van der Waals surface area (Å²) in [5, 5.41) is 10.8. The topological polar surface area (TPSA) is 98.1 Å². The van der Waals surface area contributed by atoms with E-state index in [-0.39, 0.29) is 28.2 Å². The molecule has 0 radical (unpaired) electrons. The van der Waals surface area contributed by atoms with E-state index in [2.05, 4.69) is 40.4 Å². The maximum atomic E-state index is 12.8. The van der Waals surface area contributed by atoms with Crippen molar-refractivity contribution in [1.29, 1.82) is 0 Å². The summed E-state index contributed by atoms with van der Waals surface area (Å²) in [7, 11) is 0.368. The normalized spacial score (nSPS) is 11.5. The van der Waals surface area contributed by atoms with Crippen molar-refractivity contribution in [1.82, 2.24) is 20.1 Å². The summed E-state index contributed by atoms with van der Waals surface area (Å²) in [6.45, 7) is 8.00. The third-order valence-corrected chi connectivity index (χ3v) is 6.54. The number of ether oxygens (including phenoxy) is 1. The first-order valence-corrected chi connectivity index (χ1v) is 14.0. The number of benzene rings is 1. The van der Waals surface area contributed by atoms with Crippen LogP contribution in [-0.4, -0.2) is 48.3 Å². The van der Waals surface area contributed by atoms with Gasteiger partial charge in [0.05, 0.1) is 16.8 Å². The molecule has 2 amide bonds. The van der Waals surface area contributed by atoms with Gasteiger partial charge in [-0.2, -0.15) is 5.10 Å². The molecule has 2 aromatic heterocycles. The molecule has 0 aliphatic carbocycles. The van der Waals surface area contributed by atoms with E-state index in [4.69, 9.17) is 16.3 Å². The molecule has 0 aliphatic rings. The number of pyridine rings is 1. The van der Waals surface area contributed by atoms with Gasteiger partial charge in [0.1, 0.15) is 11.9 Å². The fourth-order valence-electron chi connectivity index (χ4n) is 2.85. The number of carbonyl (C=O) groups excluding carboxylic acids is 2. The van der Waals surface area contributed by atoms with Crippen LogP contribution in [0.2, 0.25) is 30.8 Å². The van der Waals surface area contributed by atoms with Crippen LogP contribution in [0.15, 0.2) is 36.7 Å². The Balaban J connectivity index is 1.73. The minimum absolute atomic E-state index is 0.172. The summed E-state index contributed by atoms with van der Waals surface area (Å²) in [6.07, 6.45) is 3.21. The SMILES string of the molecule is CNC(=O)c1cnc(Cl)cc1NC(=O)c1ccc2cn(COCC[Si](C)(C)C)nc2c1. The quantitative estimate of drug-likeness (QED) is 0.301. The zero-order valence-electron chi connectivity index (χ0n) is 18.0. The van der Waals surface area contributed by atoms with Gasteiger partial charge >= 0.3 is 0 Å². The summed E-state index contributed by atoms with van der Waals surface area (Å²) in [6, 6.07) is 7.77. The average molecular weight is 460 g/mol. The molecular weight excluding hydrogens is 434 g/mol. The number of hydrogen-bond acceptors (Lipinski definition) is 5. The molecule has 0 saturated carbocycles. The Morgan fingerprint density at radius 1 is 1.19 bits per heavy atom. The lowest BCUT2D eigenvalue weighted by molar-refractivity contribution is 0.0791. The molecule has 0 fully saturated rings. The Hall–Kier alpha value is -2.75. The van der Waals surface area contributed by atoms with Gasteiger partial charge in [-0.15, -0.1) is 0 Å². The lowest BCUT2D eigenvalue weighted by atomic mass is 10.1. The number of aromatic nitrogens is 3. The zero-order valence-corrected chi connectivity index (χ0v) is 19.8. The fourth-order valence-corrected chi connectivity index (χ4v) is 3.77. The van der Waals surface area contributed by atoms with Crippen LogP contribution in [0.4, 0.5) is 5.69 Å². The summed E-state index contributed by atoms with van der Waals surface area (Å²) in [5.41, 5.74) is 1.60. The van der Waals surface area contributed by atoms with Gasteiger partial charge in [0.25, 0.3) is 11.8 Å². The van der Waals surface area contributed by atoms with Crippen LogP contribution < -0.4 is 10.6 Å². The first kappa shape index (κ1) is 22.9. The highest BCUT2D eigenvalue weighted by Crippen LogP contribution is 2.21. The van der Waals surface area contributed by atoms with E-state index >= 15 is 0 Å². The summed E-state index contributed by atoms with van der Waals surface area (Å²) in [5.74, 6) is -0.752. The van der Waals surface area contributed by atoms with Gasteiger partial charge in [-0.1, -0.05) is 37.3 Å². The first-order valence-electron chi connectivity index (χ1n) is 9.90. The molecule has 0 bridgehead atoms. The predicted molar refractivity (Wildman–Crippen MR) is 124 cm³/mol. The van der Waals surface area contributed by atoms with Crippen molar-refractivity contribution in [3.8, 4) is 0 Å². The molecule has 2 heterocycles. The van der Waals surface area contributed by atoms with Crippen molar-refractivity contribution < 1.29 is 14.3 Å². The van der Waals surface area contributed by atoms with Crippen LogP contribution in [0.1, 0.15) is 20.7 Å². The van der Waals surface area contributed by atoms with E-state index in [1.54, 1.807) is 16.8 Å². The average Bonchev–Trinajstić information content (AvgIpc) is 3.12. The summed E-state index contributed by atoms with van der Waals surface area (Å²) >= 11 is 5.94. The molecule has 8 nitrogen and oxygen atoms in total. The molecule has 10 heteroatoms. The molecule has 0 atom stereocenters. The molecule has 0 aliphatic heterocycles. The van der Waals surface area contributed by atoms with Crippen LogP contribution in [-0.2, 0) is 11.5 Å². The first-order chi connectivity index (χ1) is 14.7. The maximum Gasteiger partial charge on any atom is 0.255 e. The molecule has 1 aromatic carbocycles. The number of rotatable bonds is 8. The van der Waals surface area contributed by atoms with Crippen molar-refractivity contribution >= 4 is 48.1 Å². The molecule has 0 spiro atoms. The number of anilines is 1. The van der Waals surface area contributed by atoms with E-state index in [1.165, 1.54) is 19.3 Å². The van der Waals surface area contributed by atoms with Crippen molar-refractivity contribution in [2.24, 2.45) is 0 Å². The maximum absolute atomic E-state index is 12.8. The molecular formula is C21H26ClN5O3Si. The lowest BCUT2D eigenvalue weighted by Crippen LogP contribution is -2.22. The number of carbonyl (C=O) groups is 2. The minimum atomic E-state index is -1.13. The summed E-state index contributed by atoms with van der Waals surface area (Å²) < 4.78 is 7.46. The van der Waals surface area contributed by atoms with Crippen molar-refractivity contribution in [3.63, 3.8) is 0 Å². The van der Waals surface area contributed by atoms with E-state index < -0.39 is 8.07 Å². The number of amides is 2. The predicted octanol–water partition coefficient (Wildman–Crippen LogP) is 4.01. The van der Waals surface area contributed by atoms with Crippen molar-refractivity contribution in [2.45, 2.75) is 32.4 Å². The number of hydrogen-bond donors (Lipinski definition) is 2. The number of fused-ring (bicyclic) bond motifs is 1. The van der Waals surface area contributed by atoms with E-state index in [0.29, 0.717) is 24.4 Å². The molecule has 0 unspecified atom stereocenters. The fraction of sp³-hybridized carbons (Fsp3) is 0.333. The Kier molecular flexibility index (Phi) is 7.09. The van der Waals surface area contributed by atoms with Crippen LogP contribution >= 0.6 is 11.6 Å². The highest BCUT2D eigenvalue weighted by molar-refractivity contribution is 6.76. The highest BCUT2D eigenvalue weighted by Gasteiger charge is 2.16. The van der Waals surface area contributed by atoms with E-state index in [1.807, 2.05) is 12.3 Å². The van der Waals surface area contributed by atoms with Crippen LogP contribution in [0.3, 0.4) is 0 Å². The Labute approximate surface area is 187 Å². The molecule has 31 heavy (non-hydrogen) atoms. The van der Waals surface area contributed by atoms with Crippen LogP contribution in [0.5, 0.6) is 0 Å². The second-order valence-electron chi connectivity index (χ2n) is 8.38. The third-order valence-electron chi connectivity index (χ3n) is 4.63. The van der Waals surface area contributed by atoms with E-state index in [0.717, 1.165) is 11.4 Å². The van der Waals surface area contributed by atoms with E-state index in [9.17, 15) is 9.59 Å². The Morgan fingerprint density at radius 3 is 2.68 bits per heavy atom. The largest absolute Gasteiger partial charge is 0.360 e. The van der Waals surface area contributed by atoms with Gasteiger partial charge in [-0.25, -0.2) is 9.67 Å². The smallest absolute Gasteiger partial charge is 0.255 e. The summed E-state index contributed by atoms with van der Waals surface area (Å²) in [4.78, 5) is 28.7. The molecule has 3 aromatic rings. The van der Waals surface area contributed by atoms with Gasteiger partial charge in [0.2, 0.25) is 0 Å². The van der Waals surface area contributed by atoms with Gasteiger partial charge in [0.15, 0.2) is 0 Å². The van der Waals surface area contributed by atoms with Crippen LogP contribution in [0.25, 0.3) is 10.9 Å². The van der Waals surface area contributed by atoms with Crippen molar-refractivity contribution in [3.05, 3.63) is 52.9 Å². The second-order valence-corrected chi connectivity index (χ2v) is 14.4. The third kappa shape index (κ3) is 6.13. The van der Waals surface area contributed by atoms with Gasteiger partial charge in [-0.3, -0.25) is 9.59 Å². The standard InChI is InChI=1S/C21H26ClN5O3Si/c1-23-21(29)16-11-24-19(22)10-18(16)25-20(28)14-5-6-15-12-27(26-17(15)9-14)13-30-7-8-31(2,3)4/h5-6,9-12H,7-8,13H2,1-4H3,(H,23,29)(H,24,25,28). The number of nitrogens with one attached hydrogen (secondary N) is 2. The van der Waals surface area contributed by atoms with Crippen LogP contribution in [0, 0.1) is 0 Å². The highest BCUT2D eigenvalue weighted by atomic mass is 35.5. The van der Waals surface area contributed by atoms with Gasteiger partial charge < -0.3 is 15.4 Å². The van der Waals surface area contributed by atoms with Gasteiger partial charge in [0, 0.05) is 45.1 Å². The van der Waals surface area contributed by atoms with Gasteiger partial charge in [-0.05, 0) is 24.2 Å². The number of halogens is 1. The molecule has 2 N–H and O–H groups in total. The molecule has 164 valence electrons. The molecule has 3 rings (SSSR count). The minimum Gasteiger partial charge on any atom is -0.360 e. The Bertz CT molecular complexity index is 1110. The second kappa shape index (κ2) is 9.59. The zero-order chi connectivity index (χ0) is 22.6. The monoisotopic (exact) mass is 459 g/mol. The lowest BCUT2D eigenvalue weighted by Gasteiger charge is -2.15. The number of nitrogens with zero attached hydrogens (tertiary/aromatic N) is 3. The molecule has 0 saturated heterocycles. The van der Waals surface area contributed by atoms with Crippen molar-refractivity contribution in [2.75, 3.05) is 19.0 Å². The Morgan fingerprint density at radius 2 is 1.97 bits per heavy atom.